The van der Waals surface area contributed by atoms with E-state index in [9.17, 15) is 9.18 Å². The van der Waals surface area contributed by atoms with Gasteiger partial charge in [0, 0.05) is 37.3 Å². The van der Waals surface area contributed by atoms with Crippen LogP contribution in [0.2, 0.25) is 0 Å². The average molecular weight is 404 g/mol. The molecule has 30 heavy (non-hydrogen) atoms. The molecule has 7 nitrogen and oxygen atoms in total. The summed E-state index contributed by atoms with van der Waals surface area (Å²) in [5.41, 5.74) is 1.15. The molecule has 0 saturated carbocycles. The van der Waals surface area contributed by atoms with E-state index in [-0.39, 0.29) is 11.4 Å². The van der Waals surface area contributed by atoms with Crippen molar-refractivity contribution in [3.05, 3.63) is 65.0 Å². The van der Waals surface area contributed by atoms with E-state index in [2.05, 4.69) is 24.8 Å². The van der Waals surface area contributed by atoms with Gasteiger partial charge >= 0.3 is 0 Å². The smallest absolute Gasteiger partial charge is 0.261 e. The molecule has 1 aliphatic rings. The van der Waals surface area contributed by atoms with E-state index in [0.717, 1.165) is 42.7 Å². The van der Waals surface area contributed by atoms with Crippen molar-refractivity contribution < 1.29 is 4.39 Å². The third-order valence-corrected chi connectivity index (χ3v) is 5.88. The number of benzene rings is 1. The molecule has 5 rings (SSSR count). The molecule has 0 amide bonds. The molecule has 152 valence electrons. The average Bonchev–Trinajstić information content (AvgIpc) is 2.76. The number of aromatic nitrogens is 5. The molecule has 0 atom stereocenters. The van der Waals surface area contributed by atoms with Gasteiger partial charge in [-0.1, -0.05) is 0 Å². The van der Waals surface area contributed by atoms with Crippen LogP contribution in [0.3, 0.4) is 0 Å². The SMILES string of the molecule is Cc1nc2cc(F)ccc2c(=O)n1CC1CCN(c2ncnc3cnccc23)CC1. The van der Waals surface area contributed by atoms with Crippen LogP contribution in [0.25, 0.3) is 21.8 Å². The summed E-state index contributed by atoms with van der Waals surface area (Å²) in [5, 5.41) is 1.46. The Bertz CT molecular complexity index is 1290. The Balaban J connectivity index is 1.35. The molecule has 0 aliphatic carbocycles. The maximum absolute atomic E-state index is 13.5. The Hall–Kier alpha value is -3.42. The van der Waals surface area contributed by atoms with Gasteiger partial charge in [0.1, 0.15) is 23.8 Å². The highest BCUT2D eigenvalue weighted by Crippen LogP contribution is 2.27. The monoisotopic (exact) mass is 404 g/mol. The van der Waals surface area contributed by atoms with Gasteiger partial charge in [0.05, 0.1) is 22.6 Å². The highest BCUT2D eigenvalue weighted by Gasteiger charge is 2.23. The molecule has 1 fully saturated rings. The Morgan fingerprint density at radius 2 is 1.93 bits per heavy atom. The van der Waals surface area contributed by atoms with Crippen LogP contribution >= 0.6 is 0 Å². The van der Waals surface area contributed by atoms with Crippen LogP contribution in [0.5, 0.6) is 0 Å². The van der Waals surface area contributed by atoms with Crippen molar-refractivity contribution >= 4 is 27.6 Å². The van der Waals surface area contributed by atoms with E-state index >= 15 is 0 Å². The maximum Gasteiger partial charge on any atom is 0.261 e. The number of rotatable bonds is 3. The normalized spacial score (nSPS) is 15.2. The summed E-state index contributed by atoms with van der Waals surface area (Å²) in [7, 11) is 0. The van der Waals surface area contributed by atoms with Crippen molar-refractivity contribution in [3.63, 3.8) is 0 Å². The number of halogens is 1. The van der Waals surface area contributed by atoms with Crippen molar-refractivity contribution in [2.45, 2.75) is 26.3 Å². The van der Waals surface area contributed by atoms with E-state index in [1.165, 1.54) is 18.2 Å². The predicted octanol–water partition coefficient (Wildman–Crippen LogP) is 3.10. The molecular weight excluding hydrogens is 383 g/mol. The Labute approximate surface area is 172 Å². The lowest BCUT2D eigenvalue weighted by Gasteiger charge is -2.33. The quantitative estimate of drug-likeness (QED) is 0.522. The predicted molar refractivity (Wildman–Crippen MR) is 113 cm³/mol. The number of anilines is 1. The second kappa shape index (κ2) is 7.44. The molecule has 0 unspecified atom stereocenters. The minimum Gasteiger partial charge on any atom is -0.356 e. The summed E-state index contributed by atoms with van der Waals surface area (Å²) in [5.74, 6) is 1.54. The van der Waals surface area contributed by atoms with Crippen LogP contribution in [-0.4, -0.2) is 37.6 Å². The van der Waals surface area contributed by atoms with Gasteiger partial charge in [0.2, 0.25) is 0 Å². The molecule has 4 aromatic rings. The molecule has 4 heterocycles. The van der Waals surface area contributed by atoms with E-state index < -0.39 is 0 Å². The number of pyridine rings is 1. The minimum absolute atomic E-state index is 0.103. The lowest BCUT2D eigenvalue weighted by atomic mass is 9.96. The Morgan fingerprint density at radius 3 is 2.77 bits per heavy atom. The molecule has 0 radical (unpaired) electrons. The molecule has 1 aliphatic heterocycles. The third kappa shape index (κ3) is 3.28. The van der Waals surface area contributed by atoms with E-state index in [1.807, 2.05) is 13.0 Å². The first-order valence-electron chi connectivity index (χ1n) is 10.1. The van der Waals surface area contributed by atoms with Gasteiger partial charge in [-0.2, -0.15) is 0 Å². The molecule has 1 saturated heterocycles. The first kappa shape index (κ1) is 18.6. The zero-order valence-corrected chi connectivity index (χ0v) is 16.6. The van der Waals surface area contributed by atoms with Gasteiger partial charge < -0.3 is 4.90 Å². The van der Waals surface area contributed by atoms with Crippen LogP contribution in [0.1, 0.15) is 18.7 Å². The number of hydrogen-bond donors (Lipinski definition) is 0. The van der Waals surface area contributed by atoms with Gasteiger partial charge in [0.15, 0.2) is 0 Å². The Morgan fingerprint density at radius 1 is 1.10 bits per heavy atom. The number of aryl methyl sites for hydroxylation is 1. The molecule has 8 heteroatoms. The highest BCUT2D eigenvalue weighted by molar-refractivity contribution is 5.88. The fraction of sp³-hybridized carbons (Fsp3) is 0.318. The maximum atomic E-state index is 13.5. The van der Waals surface area contributed by atoms with Crippen LogP contribution in [0.4, 0.5) is 10.2 Å². The second-order valence-electron chi connectivity index (χ2n) is 7.76. The van der Waals surface area contributed by atoms with Crippen LogP contribution < -0.4 is 10.5 Å². The molecule has 3 aromatic heterocycles. The molecule has 0 bridgehead atoms. The standard InChI is InChI=1S/C22H21FN6O/c1-14-27-19-10-16(23)2-3-18(19)22(30)29(14)12-15-5-8-28(9-6-15)21-17-4-7-24-11-20(17)25-13-26-21/h2-4,7,10-11,13,15H,5-6,8-9,12H2,1H3. The summed E-state index contributed by atoms with van der Waals surface area (Å²) >= 11 is 0. The van der Waals surface area contributed by atoms with Crippen molar-refractivity contribution in [2.24, 2.45) is 5.92 Å². The van der Waals surface area contributed by atoms with Gasteiger partial charge in [-0.15, -0.1) is 0 Å². The summed E-state index contributed by atoms with van der Waals surface area (Å²) in [6.45, 7) is 4.15. The van der Waals surface area contributed by atoms with E-state index in [1.54, 1.807) is 23.3 Å². The van der Waals surface area contributed by atoms with Crippen LogP contribution in [0, 0.1) is 18.7 Å². The fourth-order valence-corrected chi connectivity index (χ4v) is 4.25. The van der Waals surface area contributed by atoms with Gasteiger partial charge in [-0.25, -0.2) is 19.3 Å². The van der Waals surface area contributed by atoms with Gasteiger partial charge in [-0.3, -0.25) is 14.3 Å². The van der Waals surface area contributed by atoms with Crippen molar-refractivity contribution in [1.29, 1.82) is 0 Å². The lowest BCUT2D eigenvalue weighted by Crippen LogP contribution is -2.37. The van der Waals surface area contributed by atoms with E-state index in [4.69, 9.17) is 0 Å². The summed E-state index contributed by atoms with van der Waals surface area (Å²) in [6.07, 6.45) is 6.99. The highest BCUT2D eigenvalue weighted by atomic mass is 19.1. The van der Waals surface area contributed by atoms with Crippen molar-refractivity contribution in [1.82, 2.24) is 24.5 Å². The number of piperidine rings is 1. The first-order chi connectivity index (χ1) is 14.6. The number of nitrogens with zero attached hydrogens (tertiary/aromatic N) is 6. The molecule has 0 N–H and O–H groups in total. The summed E-state index contributed by atoms with van der Waals surface area (Å²) in [4.78, 5) is 32.6. The number of fused-ring (bicyclic) bond motifs is 2. The summed E-state index contributed by atoms with van der Waals surface area (Å²) in [6, 6.07) is 6.09. The zero-order valence-electron chi connectivity index (χ0n) is 16.6. The topological polar surface area (TPSA) is 76.8 Å². The van der Waals surface area contributed by atoms with Crippen LogP contribution in [0.15, 0.2) is 47.8 Å². The lowest BCUT2D eigenvalue weighted by molar-refractivity contribution is 0.348. The first-order valence-corrected chi connectivity index (χ1v) is 10.1. The van der Waals surface area contributed by atoms with Crippen molar-refractivity contribution in [2.75, 3.05) is 18.0 Å². The second-order valence-corrected chi connectivity index (χ2v) is 7.76. The Kier molecular flexibility index (Phi) is 4.61. The molecule has 1 aromatic carbocycles. The van der Waals surface area contributed by atoms with Gasteiger partial charge in [0.25, 0.3) is 5.56 Å². The largest absolute Gasteiger partial charge is 0.356 e. The van der Waals surface area contributed by atoms with Gasteiger partial charge in [-0.05, 0) is 43.9 Å². The van der Waals surface area contributed by atoms with Crippen molar-refractivity contribution in [3.8, 4) is 0 Å². The minimum atomic E-state index is -0.382. The summed E-state index contributed by atoms with van der Waals surface area (Å²) < 4.78 is 15.2. The molecule has 0 spiro atoms. The van der Waals surface area contributed by atoms with E-state index in [0.29, 0.717) is 29.2 Å². The van der Waals surface area contributed by atoms with Crippen LogP contribution in [-0.2, 0) is 6.54 Å². The zero-order chi connectivity index (χ0) is 20.7. The number of hydrogen-bond acceptors (Lipinski definition) is 6. The third-order valence-electron chi connectivity index (χ3n) is 5.88. The molecular formula is C22H21FN6O. The fourth-order valence-electron chi connectivity index (χ4n) is 4.25.